The monoisotopic (exact) mass is 384 g/mol. The molecule has 0 atom stereocenters. The topological polar surface area (TPSA) is 88.4 Å². The SMILES string of the molecule is Cc1cccc(NS(=O)(=O)c2ccc(C(=O)NCc3ccco3)cc2)c1C. The third-order valence-corrected chi connectivity index (χ3v) is 5.66. The lowest BCUT2D eigenvalue weighted by Gasteiger charge is -2.12. The first-order chi connectivity index (χ1) is 12.9. The summed E-state index contributed by atoms with van der Waals surface area (Å²) in [5, 5.41) is 2.72. The molecule has 0 unspecified atom stereocenters. The number of carbonyl (C=O) groups excluding carboxylic acids is 1. The molecule has 0 aliphatic carbocycles. The van der Waals surface area contributed by atoms with E-state index in [1.54, 1.807) is 24.3 Å². The van der Waals surface area contributed by atoms with Gasteiger partial charge in [-0.1, -0.05) is 12.1 Å². The quantitative estimate of drug-likeness (QED) is 0.679. The smallest absolute Gasteiger partial charge is 0.261 e. The van der Waals surface area contributed by atoms with Gasteiger partial charge in [-0.2, -0.15) is 0 Å². The molecule has 0 aliphatic rings. The third-order valence-electron chi connectivity index (χ3n) is 4.28. The fraction of sp³-hybridized carbons (Fsp3) is 0.150. The molecule has 0 fully saturated rings. The normalized spacial score (nSPS) is 11.2. The first-order valence-electron chi connectivity index (χ1n) is 8.36. The van der Waals surface area contributed by atoms with E-state index in [1.165, 1.54) is 30.5 Å². The summed E-state index contributed by atoms with van der Waals surface area (Å²) in [5.74, 6) is 0.332. The Morgan fingerprint density at radius 3 is 2.41 bits per heavy atom. The van der Waals surface area contributed by atoms with Gasteiger partial charge in [-0.25, -0.2) is 8.42 Å². The van der Waals surface area contributed by atoms with E-state index in [1.807, 2.05) is 19.9 Å². The number of sulfonamides is 1. The van der Waals surface area contributed by atoms with Crippen molar-refractivity contribution in [3.05, 3.63) is 83.3 Å². The predicted molar refractivity (Wildman–Crippen MR) is 103 cm³/mol. The van der Waals surface area contributed by atoms with Gasteiger partial charge >= 0.3 is 0 Å². The van der Waals surface area contributed by atoms with Crippen molar-refractivity contribution in [3.8, 4) is 0 Å². The minimum Gasteiger partial charge on any atom is -0.467 e. The van der Waals surface area contributed by atoms with Crippen molar-refractivity contribution >= 4 is 21.6 Å². The average Bonchev–Trinajstić information content (AvgIpc) is 3.17. The summed E-state index contributed by atoms with van der Waals surface area (Å²) < 4.78 is 33.0. The van der Waals surface area contributed by atoms with Gasteiger partial charge < -0.3 is 9.73 Å². The Bertz CT molecular complexity index is 1040. The van der Waals surface area contributed by atoms with Gasteiger partial charge in [-0.3, -0.25) is 9.52 Å². The molecule has 3 rings (SSSR count). The maximum Gasteiger partial charge on any atom is 0.261 e. The summed E-state index contributed by atoms with van der Waals surface area (Å²) in [6.45, 7) is 4.04. The van der Waals surface area contributed by atoms with E-state index >= 15 is 0 Å². The van der Waals surface area contributed by atoms with Crippen molar-refractivity contribution in [1.82, 2.24) is 5.32 Å². The van der Waals surface area contributed by atoms with Crippen LogP contribution in [0.2, 0.25) is 0 Å². The van der Waals surface area contributed by atoms with Gasteiger partial charge in [-0.15, -0.1) is 0 Å². The Labute approximate surface area is 158 Å². The van der Waals surface area contributed by atoms with E-state index in [4.69, 9.17) is 4.42 Å². The van der Waals surface area contributed by atoms with E-state index in [0.29, 0.717) is 17.0 Å². The summed E-state index contributed by atoms with van der Waals surface area (Å²) in [4.78, 5) is 12.2. The molecule has 140 valence electrons. The molecule has 27 heavy (non-hydrogen) atoms. The first kappa shape index (κ1) is 18.7. The highest BCUT2D eigenvalue weighted by molar-refractivity contribution is 7.92. The molecule has 0 spiro atoms. The number of benzene rings is 2. The number of furan rings is 1. The van der Waals surface area contributed by atoms with Gasteiger partial charge in [0.25, 0.3) is 15.9 Å². The van der Waals surface area contributed by atoms with Gasteiger partial charge in [0.1, 0.15) is 5.76 Å². The van der Waals surface area contributed by atoms with Gasteiger partial charge in [0, 0.05) is 5.56 Å². The Morgan fingerprint density at radius 1 is 1.00 bits per heavy atom. The molecule has 0 saturated carbocycles. The van der Waals surface area contributed by atoms with Crippen LogP contribution in [-0.4, -0.2) is 14.3 Å². The van der Waals surface area contributed by atoms with Crippen molar-refractivity contribution in [1.29, 1.82) is 0 Å². The van der Waals surface area contributed by atoms with Crippen molar-refractivity contribution < 1.29 is 17.6 Å². The standard InChI is InChI=1S/C20H20N2O4S/c1-14-5-3-7-19(15(14)2)22-27(24,25)18-10-8-16(9-11-18)20(23)21-13-17-6-4-12-26-17/h3-12,22H,13H2,1-2H3,(H,21,23). The Kier molecular flexibility index (Phi) is 5.32. The van der Waals surface area contributed by atoms with Crippen LogP contribution in [0.5, 0.6) is 0 Å². The second kappa shape index (κ2) is 7.67. The summed E-state index contributed by atoms with van der Waals surface area (Å²) in [5.41, 5.74) is 2.77. The van der Waals surface area contributed by atoms with Gasteiger partial charge in [0.15, 0.2) is 0 Å². The maximum absolute atomic E-state index is 12.6. The molecule has 0 saturated heterocycles. The first-order valence-corrected chi connectivity index (χ1v) is 9.85. The average molecular weight is 384 g/mol. The van der Waals surface area contributed by atoms with E-state index < -0.39 is 10.0 Å². The highest BCUT2D eigenvalue weighted by atomic mass is 32.2. The van der Waals surface area contributed by atoms with Crippen LogP contribution >= 0.6 is 0 Å². The minimum atomic E-state index is -3.74. The van der Waals surface area contributed by atoms with Crippen LogP contribution in [-0.2, 0) is 16.6 Å². The molecule has 0 aliphatic heterocycles. The summed E-state index contributed by atoms with van der Waals surface area (Å²) in [6, 6.07) is 14.7. The molecule has 1 heterocycles. The van der Waals surface area contributed by atoms with Crippen LogP contribution in [0.15, 0.2) is 70.2 Å². The molecule has 3 aromatic rings. The van der Waals surface area contributed by atoms with E-state index in [9.17, 15) is 13.2 Å². The van der Waals surface area contributed by atoms with Gasteiger partial charge in [0.2, 0.25) is 0 Å². The number of rotatable bonds is 6. The van der Waals surface area contributed by atoms with Crippen LogP contribution < -0.4 is 10.0 Å². The highest BCUT2D eigenvalue weighted by Gasteiger charge is 2.16. The Morgan fingerprint density at radius 2 is 1.74 bits per heavy atom. The van der Waals surface area contributed by atoms with Crippen LogP contribution in [0.25, 0.3) is 0 Å². The predicted octanol–water partition coefficient (Wildman–Crippen LogP) is 3.63. The summed E-state index contributed by atoms with van der Waals surface area (Å²) in [7, 11) is -3.74. The zero-order valence-electron chi connectivity index (χ0n) is 15.0. The lowest BCUT2D eigenvalue weighted by Crippen LogP contribution is -2.22. The maximum atomic E-state index is 12.6. The minimum absolute atomic E-state index is 0.0889. The second-order valence-electron chi connectivity index (χ2n) is 6.14. The number of carbonyl (C=O) groups is 1. The van der Waals surface area contributed by atoms with Crippen molar-refractivity contribution in [2.45, 2.75) is 25.3 Å². The van der Waals surface area contributed by atoms with Crippen LogP contribution in [0.1, 0.15) is 27.2 Å². The number of hydrogen-bond donors (Lipinski definition) is 2. The molecular formula is C20H20N2O4S. The van der Waals surface area contributed by atoms with Crippen molar-refractivity contribution in [2.24, 2.45) is 0 Å². The van der Waals surface area contributed by atoms with Gasteiger partial charge in [0.05, 0.1) is 23.4 Å². The third kappa shape index (κ3) is 4.38. The Balaban J connectivity index is 1.71. The number of nitrogens with one attached hydrogen (secondary N) is 2. The zero-order valence-corrected chi connectivity index (χ0v) is 15.8. The number of hydrogen-bond acceptors (Lipinski definition) is 4. The van der Waals surface area contributed by atoms with E-state index in [-0.39, 0.29) is 17.3 Å². The molecule has 2 N–H and O–H groups in total. The van der Waals surface area contributed by atoms with Crippen LogP contribution in [0, 0.1) is 13.8 Å². The highest BCUT2D eigenvalue weighted by Crippen LogP contribution is 2.22. The molecule has 1 aromatic heterocycles. The lowest BCUT2D eigenvalue weighted by atomic mass is 10.1. The molecule has 1 amide bonds. The van der Waals surface area contributed by atoms with Crippen LogP contribution in [0.3, 0.4) is 0 Å². The number of aryl methyl sites for hydroxylation is 1. The fourth-order valence-electron chi connectivity index (χ4n) is 2.53. The molecule has 0 radical (unpaired) electrons. The van der Waals surface area contributed by atoms with E-state index in [0.717, 1.165) is 11.1 Å². The molecule has 6 nitrogen and oxygen atoms in total. The largest absolute Gasteiger partial charge is 0.467 e. The molecule has 0 bridgehead atoms. The number of amides is 1. The summed E-state index contributed by atoms with van der Waals surface area (Å²) in [6.07, 6.45) is 1.53. The van der Waals surface area contributed by atoms with Crippen molar-refractivity contribution in [3.63, 3.8) is 0 Å². The van der Waals surface area contributed by atoms with E-state index in [2.05, 4.69) is 10.0 Å². The zero-order chi connectivity index (χ0) is 19.4. The number of anilines is 1. The Hall–Kier alpha value is -3.06. The van der Waals surface area contributed by atoms with Crippen LogP contribution in [0.4, 0.5) is 5.69 Å². The second-order valence-corrected chi connectivity index (χ2v) is 7.82. The van der Waals surface area contributed by atoms with Gasteiger partial charge in [-0.05, 0) is 67.4 Å². The lowest BCUT2D eigenvalue weighted by molar-refractivity contribution is 0.0948. The van der Waals surface area contributed by atoms with Crippen molar-refractivity contribution in [2.75, 3.05) is 4.72 Å². The molecule has 2 aromatic carbocycles. The fourth-order valence-corrected chi connectivity index (χ4v) is 3.66. The molecular weight excluding hydrogens is 364 g/mol. The molecule has 7 heteroatoms. The summed E-state index contributed by atoms with van der Waals surface area (Å²) >= 11 is 0.